The van der Waals surface area contributed by atoms with Crippen LogP contribution in [0, 0.1) is 6.92 Å². The van der Waals surface area contributed by atoms with Crippen molar-refractivity contribution in [3.63, 3.8) is 0 Å². The van der Waals surface area contributed by atoms with Gasteiger partial charge in [0.05, 0.1) is 7.11 Å². The monoisotopic (exact) mass is 352 g/mol. The van der Waals surface area contributed by atoms with Crippen molar-refractivity contribution in [3.8, 4) is 17.1 Å². The maximum Gasteiger partial charge on any atom is 0.306 e. The molecule has 0 aliphatic carbocycles. The molecule has 6 heteroatoms. The Bertz CT molecular complexity index is 872. The molecule has 1 aromatic heterocycles. The first kappa shape index (κ1) is 17.7. The van der Waals surface area contributed by atoms with Crippen molar-refractivity contribution < 1.29 is 18.8 Å². The molecule has 0 aliphatic rings. The van der Waals surface area contributed by atoms with E-state index in [4.69, 9.17) is 14.0 Å². The predicted molar refractivity (Wildman–Crippen MR) is 95.6 cm³/mol. The highest BCUT2D eigenvalue weighted by atomic mass is 16.6. The van der Waals surface area contributed by atoms with Crippen molar-refractivity contribution in [2.75, 3.05) is 7.11 Å². The zero-order valence-electron chi connectivity index (χ0n) is 14.8. The van der Waals surface area contributed by atoms with Gasteiger partial charge in [-0.15, -0.1) is 0 Å². The normalized spacial score (nSPS) is 10.5. The zero-order chi connectivity index (χ0) is 18.4. The molecule has 0 bridgehead atoms. The fraction of sp³-hybridized carbons (Fsp3) is 0.250. The quantitative estimate of drug-likeness (QED) is 0.603. The number of hydrogen-bond acceptors (Lipinski definition) is 6. The van der Waals surface area contributed by atoms with Crippen molar-refractivity contribution in [2.24, 2.45) is 0 Å². The Kier molecular flexibility index (Phi) is 5.63. The molecule has 0 atom stereocenters. The third-order valence-corrected chi connectivity index (χ3v) is 3.99. The van der Waals surface area contributed by atoms with E-state index in [1.165, 1.54) is 0 Å². The molecule has 2 aromatic carbocycles. The summed E-state index contributed by atoms with van der Waals surface area (Å²) in [6.07, 6.45) is 0.881. The second kappa shape index (κ2) is 8.29. The molecular weight excluding hydrogens is 332 g/mol. The van der Waals surface area contributed by atoms with Gasteiger partial charge < -0.3 is 14.0 Å². The second-order valence-electron chi connectivity index (χ2n) is 5.84. The van der Waals surface area contributed by atoms with E-state index in [0.29, 0.717) is 12.2 Å². The van der Waals surface area contributed by atoms with Gasteiger partial charge in [0.2, 0.25) is 5.82 Å². The molecule has 134 valence electrons. The average molecular weight is 352 g/mol. The highest BCUT2D eigenvalue weighted by Gasteiger charge is 2.12. The lowest BCUT2D eigenvalue weighted by molar-refractivity contribution is -0.145. The summed E-state index contributed by atoms with van der Waals surface area (Å²) in [5.41, 5.74) is 2.99. The minimum absolute atomic E-state index is 0.0275. The highest BCUT2D eigenvalue weighted by Crippen LogP contribution is 2.20. The molecule has 0 amide bonds. The Morgan fingerprint density at radius 3 is 2.62 bits per heavy atom. The largest absolute Gasteiger partial charge is 0.497 e. The number of hydrogen-bond donors (Lipinski definition) is 0. The summed E-state index contributed by atoms with van der Waals surface area (Å²) in [4.78, 5) is 16.2. The van der Waals surface area contributed by atoms with Gasteiger partial charge in [-0.2, -0.15) is 4.98 Å². The van der Waals surface area contributed by atoms with Crippen molar-refractivity contribution in [1.82, 2.24) is 10.1 Å². The van der Waals surface area contributed by atoms with Crippen LogP contribution in [0.1, 0.15) is 23.4 Å². The van der Waals surface area contributed by atoms with Crippen molar-refractivity contribution in [3.05, 3.63) is 65.5 Å². The second-order valence-corrected chi connectivity index (χ2v) is 5.84. The molecule has 0 fully saturated rings. The number of methoxy groups -OCH3 is 1. The molecule has 3 aromatic rings. The molecule has 0 radical (unpaired) electrons. The molecular formula is C20H20N2O4. The zero-order valence-corrected chi connectivity index (χ0v) is 14.8. The van der Waals surface area contributed by atoms with E-state index in [2.05, 4.69) is 10.1 Å². The first-order valence-corrected chi connectivity index (χ1v) is 8.33. The van der Waals surface area contributed by atoms with E-state index in [1.54, 1.807) is 7.11 Å². The van der Waals surface area contributed by atoms with E-state index < -0.39 is 0 Å². The molecule has 26 heavy (non-hydrogen) atoms. The van der Waals surface area contributed by atoms with E-state index in [9.17, 15) is 4.79 Å². The Labute approximate surface area is 151 Å². The van der Waals surface area contributed by atoms with Crippen LogP contribution in [0.4, 0.5) is 0 Å². The predicted octanol–water partition coefficient (Wildman–Crippen LogP) is 3.73. The Hall–Kier alpha value is -3.15. The van der Waals surface area contributed by atoms with Crippen LogP contribution in [-0.4, -0.2) is 23.2 Å². The molecule has 0 unspecified atom stereocenters. The third kappa shape index (κ3) is 4.47. The summed E-state index contributed by atoms with van der Waals surface area (Å²) in [5.74, 6) is 1.25. The number of esters is 1. The van der Waals surface area contributed by atoms with Crippen LogP contribution in [0.3, 0.4) is 0 Å². The molecule has 0 saturated carbocycles. The van der Waals surface area contributed by atoms with Crippen molar-refractivity contribution >= 4 is 5.97 Å². The Balaban J connectivity index is 1.49. The van der Waals surface area contributed by atoms with Gasteiger partial charge in [-0.05, 0) is 36.6 Å². The topological polar surface area (TPSA) is 74.5 Å². The molecule has 0 saturated heterocycles. The van der Waals surface area contributed by atoms with E-state index in [0.717, 1.165) is 22.4 Å². The first-order chi connectivity index (χ1) is 12.7. The van der Waals surface area contributed by atoms with E-state index >= 15 is 0 Å². The number of benzene rings is 2. The number of ether oxygens (including phenoxy) is 2. The smallest absolute Gasteiger partial charge is 0.306 e. The number of aromatic nitrogens is 2. The lowest BCUT2D eigenvalue weighted by Gasteiger charge is -2.04. The van der Waals surface area contributed by atoms with Crippen molar-refractivity contribution in [2.45, 2.75) is 26.4 Å². The van der Waals surface area contributed by atoms with Gasteiger partial charge in [-0.25, -0.2) is 0 Å². The van der Waals surface area contributed by atoms with Gasteiger partial charge in [-0.1, -0.05) is 41.6 Å². The van der Waals surface area contributed by atoms with Gasteiger partial charge in [0.1, 0.15) is 5.75 Å². The maximum absolute atomic E-state index is 11.9. The van der Waals surface area contributed by atoms with Crippen LogP contribution in [-0.2, 0) is 22.6 Å². The molecule has 0 aliphatic heterocycles. The molecule has 0 spiro atoms. The number of rotatable bonds is 7. The fourth-order valence-electron chi connectivity index (χ4n) is 2.50. The molecule has 6 nitrogen and oxygen atoms in total. The van der Waals surface area contributed by atoms with Crippen molar-refractivity contribution in [1.29, 1.82) is 0 Å². The first-order valence-electron chi connectivity index (χ1n) is 8.33. The minimum atomic E-state index is -0.309. The van der Waals surface area contributed by atoms with Gasteiger partial charge in [0.15, 0.2) is 6.61 Å². The highest BCUT2D eigenvalue weighted by molar-refractivity contribution is 5.69. The van der Waals surface area contributed by atoms with E-state index in [1.807, 2.05) is 55.5 Å². The Morgan fingerprint density at radius 2 is 1.88 bits per heavy atom. The van der Waals surface area contributed by atoms with Crippen LogP contribution in [0.25, 0.3) is 11.4 Å². The van der Waals surface area contributed by atoms with Crippen LogP contribution >= 0.6 is 0 Å². The summed E-state index contributed by atoms with van der Waals surface area (Å²) in [6.45, 7) is 1.95. The molecule has 1 heterocycles. The maximum atomic E-state index is 11.9. The number of nitrogens with zero attached hydrogens (tertiary/aromatic N) is 2. The summed E-state index contributed by atoms with van der Waals surface area (Å²) in [7, 11) is 1.62. The average Bonchev–Trinajstić information content (AvgIpc) is 3.14. The lowest BCUT2D eigenvalue weighted by atomic mass is 10.1. The number of aryl methyl sites for hydroxylation is 2. The summed E-state index contributed by atoms with van der Waals surface area (Å²) >= 11 is 0. The van der Waals surface area contributed by atoms with Crippen LogP contribution < -0.4 is 4.74 Å². The molecule has 3 rings (SSSR count). The van der Waals surface area contributed by atoms with Crippen LogP contribution in [0.15, 0.2) is 53.1 Å². The molecule has 0 N–H and O–H groups in total. The Morgan fingerprint density at radius 1 is 1.12 bits per heavy atom. The SMILES string of the molecule is COc1ccc(CCC(=O)OCc2nc(-c3ccccc3C)no2)cc1. The van der Waals surface area contributed by atoms with Gasteiger partial charge in [0, 0.05) is 12.0 Å². The van der Waals surface area contributed by atoms with Crippen LogP contribution in [0.5, 0.6) is 5.75 Å². The summed E-state index contributed by atoms with van der Waals surface area (Å²) < 4.78 is 15.5. The minimum Gasteiger partial charge on any atom is -0.497 e. The number of carbonyl (C=O) groups excluding carboxylic acids is 1. The lowest BCUT2D eigenvalue weighted by Crippen LogP contribution is -2.06. The van der Waals surface area contributed by atoms with Gasteiger partial charge >= 0.3 is 5.97 Å². The van der Waals surface area contributed by atoms with E-state index in [-0.39, 0.29) is 24.9 Å². The van der Waals surface area contributed by atoms with Crippen LogP contribution in [0.2, 0.25) is 0 Å². The summed E-state index contributed by atoms with van der Waals surface area (Å²) in [5, 5.41) is 3.95. The van der Waals surface area contributed by atoms with Gasteiger partial charge in [0.25, 0.3) is 5.89 Å². The standard InChI is InChI=1S/C20H20N2O4/c1-14-5-3-4-6-17(14)20-21-18(26-22-20)13-25-19(23)12-9-15-7-10-16(24-2)11-8-15/h3-8,10-11H,9,12-13H2,1-2H3. The van der Waals surface area contributed by atoms with Gasteiger partial charge in [-0.3, -0.25) is 4.79 Å². The summed E-state index contributed by atoms with van der Waals surface area (Å²) in [6, 6.07) is 15.4. The third-order valence-electron chi connectivity index (χ3n) is 3.99. The number of carbonyl (C=O) groups is 1. The fourth-order valence-corrected chi connectivity index (χ4v) is 2.50.